The summed E-state index contributed by atoms with van der Waals surface area (Å²) in [6, 6.07) is 2.15. The van der Waals surface area contributed by atoms with Crippen molar-refractivity contribution in [1.82, 2.24) is 5.48 Å². The molecule has 5 aliphatic carbocycles. The van der Waals surface area contributed by atoms with Crippen LogP contribution in [0.2, 0.25) is 0 Å². The maximum atomic E-state index is 14.3. The van der Waals surface area contributed by atoms with Gasteiger partial charge in [-0.25, -0.2) is 5.48 Å². The molecular weight excluding hydrogens is 464 g/mol. The first-order valence-electron chi connectivity index (χ1n) is 13.9. The summed E-state index contributed by atoms with van der Waals surface area (Å²) in [5.74, 6) is -0.833. The van der Waals surface area contributed by atoms with E-state index in [0.717, 1.165) is 37.7 Å². The fraction of sp³-hybridized carbons (Fsp3) is 0.742. The molecule has 2 N–H and O–H groups in total. The molecule has 2 unspecified atom stereocenters. The number of amides is 1. The number of nitriles is 1. The predicted octanol–water partition coefficient (Wildman–Crippen LogP) is 5.71. The second-order valence-corrected chi connectivity index (χ2v) is 14.9. The minimum absolute atomic E-state index is 0.00772. The predicted molar refractivity (Wildman–Crippen MR) is 139 cm³/mol. The Balaban J connectivity index is 1.71. The number of nitrogens with one attached hydrogen (secondary N) is 1. The molecule has 0 aromatic rings. The van der Waals surface area contributed by atoms with Crippen LogP contribution in [-0.2, 0) is 14.4 Å². The molecule has 0 spiro atoms. The molecule has 3 saturated carbocycles. The molecule has 0 radical (unpaired) electrons. The topological polar surface area (TPSA) is 107 Å². The number of carbonyl (C=O) groups excluding carboxylic acids is 3. The number of fused-ring (bicyclic) bond motifs is 7. The number of ketones is 2. The van der Waals surface area contributed by atoms with Crippen LogP contribution in [0.5, 0.6) is 0 Å². The van der Waals surface area contributed by atoms with Gasteiger partial charge in [-0.3, -0.25) is 19.6 Å². The Labute approximate surface area is 220 Å². The zero-order chi connectivity index (χ0) is 27.4. The zero-order valence-electron chi connectivity index (χ0n) is 23.5. The molecule has 0 aromatic carbocycles. The molecule has 37 heavy (non-hydrogen) atoms. The van der Waals surface area contributed by atoms with Crippen molar-refractivity contribution in [3.05, 3.63) is 23.3 Å². The largest absolute Gasteiger partial charge is 0.295 e. The average molecular weight is 507 g/mol. The van der Waals surface area contributed by atoms with E-state index in [1.165, 1.54) is 0 Å². The first-order chi connectivity index (χ1) is 17.0. The van der Waals surface area contributed by atoms with E-state index in [1.54, 1.807) is 0 Å². The van der Waals surface area contributed by atoms with Crippen molar-refractivity contribution in [1.29, 1.82) is 5.26 Å². The van der Waals surface area contributed by atoms with Gasteiger partial charge in [0.1, 0.15) is 6.07 Å². The van der Waals surface area contributed by atoms with Crippen LogP contribution in [0.25, 0.3) is 0 Å². The van der Waals surface area contributed by atoms with Gasteiger partial charge < -0.3 is 0 Å². The van der Waals surface area contributed by atoms with Gasteiger partial charge in [0.05, 0.1) is 11.0 Å². The van der Waals surface area contributed by atoms with Gasteiger partial charge in [0, 0.05) is 16.7 Å². The van der Waals surface area contributed by atoms with Crippen LogP contribution in [0.15, 0.2) is 23.3 Å². The first-order valence-corrected chi connectivity index (χ1v) is 13.9. The summed E-state index contributed by atoms with van der Waals surface area (Å²) in [5, 5.41) is 19.6. The van der Waals surface area contributed by atoms with Gasteiger partial charge in [0.25, 0.3) is 0 Å². The highest BCUT2D eigenvalue weighted by molar-refractivity contribution is 6.04. The van der Waals surface area contributed by atoms with Gasteiger partial charge in [0.2, 0.25) is 5.91 Å². The van der Waals surface area contributed by atoms with E-state index in [2.05, 4.69) is 40.7 Å². The fourth-order valence-corrected chi connectivity index (χ4v) is 10.1. The summed E-state index contributed by atoms with van der Waals surface area (Å²) in [4.78, 5) is 40.7. The van der Waals surface area contributed by atoms with Crippen LogP contribution >= 0.6 is 0 Å². The number of nitrogens with zero attached hydrogens (tertiary/aromatic N) is 1. The molecule has 1 amide bonds. The SMILES string of the molecule is CC1(C)CC[C@]2(C(=O)NO)CC[C@]3(C)C(C(=O)C=C4[C@@]5(C)C=C(C#N)C(=O)C(C)(C)[C@@H]5CC[C@]43C)C2C1. The molecular formula is C31H42N2O4. The lowest BCUT2D eigenvalue weighted by atomic mass is 9.34. The fourth-order valence-electron chi connectivity index (χ4n) is 10.1. The van der Waals surface area contributed by atoms with E-state index in [4.69, 9.17) is 0 Å². The van der Waals surface area contributed by atoms with Crippen LogP contribution in [0, 0.1) is 61.6 Å². The van der Waals surface area contributed by atoms with E-state index < -0.39 is 16.2 Å². The highest BCUT2D eigenvalue weighted by Gasteiger charge is 2.70. The van der Waals surface area contributed by atoms with E-state index >= 15 is 0 Å². The van der Waals surface area contributed by atoms with Gasteiger partial charge >= 0.3 is 0 Å². The molecule has 3 fully saturated rings. The minimum Gasteiger partial charge on any atom is -0.295 e. The number of Topliss-reactive ketones (excluding diaryl/α,β-unsaturated/α-hetero) is 1. The maximum Gasteiger partial charge on any atom is 0.249 e. The third kappa shape index (κ3) is 3.10. The molecule has 0 saturated heterocycles. The van der Waals surface area contributed by atoms with Crippen molar-refractivity contribution in [2.24, 2.45) is 50.2 Å². The molecule has 0 aromatic heterocycles. The second kappa shape index (κ2) is 7.65. The highest BCUT2D eigenvalue weighted by Crippen LogP contribution is 2.74. The summed E-state index contributed by atoms with van der Waals surface area (Å²) in [5.41, 5.74) is 0.565. The van der Waals surface area contributed by atoms with Crippen LogP contribution < -0.4 is 5.48 Å². The van der Waals surface area contributed by atoms with Crippen LogP contribution in [0.4, 0.5) is 0 Å². The van der Waals surface area contributed by atoms with Crippen LogP contribution in [-0.4, -0.2) is 22.7 Å². The Bertz CT molecular complexity index is 1200. The zero-order valence-corrected chi connectivity index (χ0v) is 23.5. The van der Waals surface area contributed by atoms with E-state index in [9.17, 15) is 24.9 Å². The molecule has 6 heteroatoms. The normalized spacial score (nSPS) is 45.6. The van der Waals surface area contributed by atoms with Crippen molar-refractivity contribution in [2.45, 2.75) is 93.4 Å². The van der Waals surface area contributed by atoms with Gasteiger partial charge in [-0.1, -0.05) is 60.1 Å². The molecule has 200 valence electrons. The standard InChI is InChI=1S/C31H42N2O4/c1-26(2)10-12-31(25(36)33-37)13-11-30(7)23(19(31)16-26)20(34)14-22-28(5)15-18(17-32)24(35)27(3,4)21(28)8-9-29(22,30)6/h14-15,19,21,23,37H,8-13,16H2,1-7H3,(H,33,36)/t19?,21-,23?,28-,29+,30+,31-/m0/s1. The Hall–Kier alpha value is -2.26. The molecule has 0 aliphatic heterocycles. The summed E-state index contributed by atoms with van der Waals surface area (Å²) >= 11 is 0. The lowest BCUT2D eigenvalue weighted by Crippen LogP contribution is -2.66. The molecule has 0 bridgehead atoms. The molecule has 5 rings (SSSR count). The number of carbonyl (C=O) groups is 3. The Morgan fingerprint density at radius 2 is 1.68 bits per heavy atom. The van der Waals surface area contributed by atoms with Crippen LogP contribution in [0.3, 0.4) is 0 Å². The molecule has 6 nitrogen and oxygen atoms in total. The lowest BCUT2D eigenvalue weighted by Gasteiger charge is -2.68. The van der Waals surface area contributed by atoms with Gasteiger partial charge in [-0.2, -0.15) is 5.26 Å². The third-order valence-electron chi connectivity index (χ3n) is 12.4. The van der Waals surface area contributed by atoms with Crippen LogP contribution in [0.1, 0.15) is 93.4 Å². The Morgan fingerprint density at radius 3 is 2.30 bits per heavy atom. The smallest absolute Gasteiger partial charge is 0.249 e. The van der Waals surface area contributed by atoms with Crippen molar-refractivity contribution in [2.75, 3.05) is 0 Å². The van der Waals surface area contributed by atoms with Gasteiger partial charge in [0.15, 0.2) is 11.6 Å². The van der Waals surface area contributed by atoms with E-state index in [-0.39, 0.29) is 57.0 Å². The van der Waals surface area contributed by atoms with Crippen molar-refractivity contribution < 1.29 is 19.6 Å². The molecule has 7 atom stereocenters. The molecule has 0 heterocycles. The van der Waals surface area contributed by atoms with Crippen molar-refractivity contribution in [3.63, 3.8) is 0 Å². The number of hydrogen-bond acceptors (Lipinski definition) is 5. The van der Waals surface area contributed by atoms with Gasteiger partial charge in [-0.05, 0) is 79.1 Å². The molecule has 5 aliphatic rings. The van der Waals surface area contributed by atoms with E-state index in [1.807, 2.05) is 31.5 Å². The van der Waals surface area contributed by atoms with Crippen molar-refractivity contribution >= 4 is 17.5 Å². The Kier molecular flexibility index (Phi) is 5.45. The maximum absolute atomic E-state index is 14.3. The summed E-state index contributed by atoms with van der Waals surface area (Å²) < 4.78 is 0. The third-order valence-corrected chi connectivity index (χ3v) is 12.4. The summed E-state index contributed by atoms with van der Waals surface area (Å²) in [7, 11) is 0. The summed E-state index contributed by atoms with van der Waals surface area (Å²) in [6.45, 7) is 15.0. The lowest BCUT2D eigenvalue weighted by molar-refractivity contribution is -0.182. The average Bonchev–Trinajstić information content (AvgIpc) is 2.82. The number of hydrogen-bond donors (Lipinski definition) is 2. The second-order valence-electron chi connectivity index (χ2n) is 14.9. The monoisotopic (exact) mass is 506 g/mol. The van der Waals surface area contributed by atoms with Crippen molar-refractivity contribution in [3.8, 4) is 6.07 Å². The number of allylic oxidation sites excluding steroid dienone is 4. The highest BCUT2D eigenvalue weighted by atomic mass is 16.5. The quantitative estimate of drug-likeness (QED) is 0.350. The van der Waals surface area contributed by atoms with E-state index in [0.29, 0.717) is 12.8 Å². The minimum atomic E-state index is -0.736. The Morgan fingerprint density at radius 1 is 1.03 bits per heavy atom. The number of hydroxylamine groups is 1. The van der Waals surface area contributed by atoms with Gasteiger partial charge in [-0.15, -0.1) is 0 Å². The first kappa shape index (κ1) is 26.4. The number of rotatable bonds is 1. The summed E-state index contributed by atoms with van der Waals surface area (Å²) in [6.07, 6.45) is 9.12.